The Morgan fingerprint density at radius 1 is 1.33 bits per heavy atom. The zero-order valence-electron chi connectivity index (χ0n) is 17.1. The molecule has 0 unspecified atom stereocenters. The molecule has 1 amide bonds. The standard InChI is InChI=1S/C20H29N3O3S/c1-12(2)7-8-16(25)26-11-15(24)22-18-14(10-21)13-9-19(3,4)23-20(5,6)17(13)27-18/h12,23H,7-9,11H2,1-6H3,(H,22,24)/p+1. The fourth-order valence-electron chi connectivity index (χ4n) is 3.70. The van der Waals surface area contributed by atoms with Crippen molar-refractivity contribution < 1.29 is 19.6 Å². The Morgan fingerprint density at radius 3 is 2.59 bits per heavy atom. The van der Waals surface area contributed by atoms with E-state index in [9.17, 15) is 14.9 Å². The van der Waals surface area contributed by atoms with Crippen LogP contribution in [0.1, 0.15) is 70.4 Å². The lowest BCUT2D eigenvalue weighted by Gasteiger charge is -2.38. The van der Waals surface area contributed by atoms with Crippen LogP contribution in [0.2, 0.25) is 0 Å². The summed E-state index contributed by atoms with van der Waals surface area (Å²) in [4.78, 5) is 25.0. The van der Waals surface area contributed by atoms with Crippen molar-refractivity contribution in [1.29, 1.82) is 5.26 Å². The molecule has 0 spiro atoms. The second kappa shape index (κ2) is 7.99. The third kappa shape index (κ3) is 5.30. The summed E-state index contributed by atoms with van der Waals surface area (Å²) < 4.78 is 5.04. The lowest BCUT2D eigenvalue weighted by atomic mass is 9.81. The van der Waals surface area contributed by atoms with Crippen molar-refractivity contribution in [2.45, 2.75) is 71.9 Å². The molecular weight excluding hydrogens is 362 g/mol. The van der Waals surface area contributed by atoms with Gasteiger partial charge in [-0.3, -0.25) is 9.59 Å². The number of hydrogen-bond acceptors (Lipinski definition) is 5. The minimum Gasteiger partial charge on any atom is -0.456 e. The number of nitriles is 1. The molecule has 0 saturated carbocycles. The van der Waals surface area contributed by atoms with Crippen molar-refractivity contribution in [3.05, 3.63) is 16.0 Å². The highest BCUT2D eigenvalue weighted by Crippen LogP contribution is 2.41. The highest BCUT2D eigenvalue weighted by atomic mass is 32.1. The fraction of sp³-hybridized carbons (Fsp3) is 0.650. The Labute approximate surface area is 165 Å². The normalized spacial score (nSPS) is 17.1. The summed E-state index contributed by atoms with van der Waals surface area (Å²) in [5, 5.41) is 15.3. The molecular formula is C20H30N3O3S+. The Morgan fingerprint density at radius 2 is 2.00 bits per heavy atom. The van der Waals surface area contributed by atoms with Gasteiger partial charge in [-0.05, 0) is 45.6 Å². The summed E-state index contributed by atoms with van der Waals surface area (Å²) in [7, 11) is 0. The van der Waals surface area contributed by atoms with E-state index < -0.39 is 5.91 Å². The highest BCUT2D eigenvalue weighted by Gasteiger charge is 2.44. The number of amides is 1. The van der Waals surface area contributed by atoms with Gasteiger partial charge in [0.1, 0.15) is 16.6 Å². The van der Waals surface area contributed by atoms with Gasteiger partial charge in [-0.1, -0.05) is 13.8 Å². The summed E-state index contributed by atoms with van der Waals surface area (Å²) in [6, 6.07) is 2.26. The lowest BCUT2D eigenvalue weighted by Crippen LogP contribution is -3.03. The summed E-state index contributed by atoms with van der Waals surface area (Å²) in [5.74, 6) is -0.377. The van der Waals surface area contributed by atoms with Crippen LogP contribution in [0.3, 0.4) is 0 Å². The van der Waals surface area contributed by atoms with Gasteiger partial charge < -0.3 is 15.4 Å². The molecule has 0 atom stereocenters. The van der Waals surface area contributed by atoms with E-state index in [4.69, 9.17) is 4.74 Å². The fourth-order valence-corrected chi connectivity index (χ4v) is 4.96. The van der Waals surface area contributed by atoms with Gasteiger partial charge >= 0.3 is 5.97 Å². The molecule has 1 aliphatic rings. The molecule has 0 radical (unpaired) electrons. The number of fused-ring (bicyclic) bond motifs is 1. The van der Waals surface area contributed by atoms with Gasteiger partial charge in [0.15, 0.2) is 6.61 Å². The molecule has 1 aromatic heterocycles. The van der Waals surface area contributed by atoms with Gasteiger partial charge in [-0.25, -0.2) is 0 Å². The van der Waals surface area contributed by atoms with Crippen LogP contribution in [0.15, 0.2) is 0 Å². The van der Waals surface area contributed by atoms with E-state index in [0.29, 0.717) is 22.9 Å². The number of quaternary nitrogens is 1. The van der Waals surface area contributed by atoms with Crippen molar-refractivity contribution in [3.8, 4) is 6.07 Å². The Bertz CT molecular complexity index is 772. The van der Waals surface area contributed by atoms with Crippen LogP contribution in [0, 0.1) is 17.2 Å². The van der Waals surface area contributed by atoms with E-state index in [-0.39, 0.29) is 23.7 Å². The minimum absolute atomic E-state index is 0.0175. The predicted octanol–water partition coefficient (Wildman–Crippen LogP) is 2.67. The maximum atomic E-state index is 12.2. The average Bonchev–Trinajstić information content (AvgIpc) is 2.86. The minimum atomic E-state index is -0.413. The number of carbonyl (C=O) groups is 2. The summed E-state index contributed by atoms with van der Waals surface area (Å²) in [6.07, 6.45) is 1.81. The number of hydrogen-bond donors (Lipinski definition) is 2. The van der Waals surface area contributed by atoms with Crippen molar-refractivity contribution in [1.82, 2.24) is 0 Å². The summed E-state index contributed by atoms with van der Waals surface area (Å²) in [5.41, 5.74) is 1.36. The van der Waals surface area contributed by atoms with Crippen LogP contribution >= 0.6 is 11.3 Å². The Balaban J connectivity index is 2.10. The molecule has 0 fully saturated rings. The monoisotopic (exact) mass is 392 g/mol. The van der Waals surface area contributed by atoms with Crippen molar-refractivity contribution >= 4 is 28.2 Å². The number of nitrogens with two attached hydrogens (primary N) is 1. The van der Waals surface area contributed by atoms with Gasteiger partial charge in [0.05, 0.1) is 16.0 Å². The first-order valence-electron chi connectivity index (χ1n) is 9.34. The van der Waals surface area contributed by atoms with Crippen LogP contribution in [0.5, 0.6) is 0 Å². The average molecular weight is 393 g/mol. The molecule has 1 aromatic rings. The zero-order chi connectivity index (χ0) is 20.4. The predicted molar refractivity (Wildman–Crippen MR) is 105 cm³/mol. The Kier molecular flexibility index (Phi) is 6.33. The molecule has 0 aromatic carbocycles. The molecule has 1 aliphatic heterocycles. The van der Waals surface area contributed by atoms with Crippen molar-refractivity contribution in [2.75, 3.05) is 11.9 Å². The number of nitrogens with one attached hydrogen (secondary N) is 1. The van der Waals surface area contributed by atoms with E-state index >= 15 is 0 Å². The van der Waals surface area contributed by atoms with E-state index in [1.165, 1.54) is 11.3 Å². The van der Waals surface area contributed by atoms with Crippen LogP contribution < -0.4 is 10.6 Å². The number of carbonyl (C=O) groups excluding carboxylic acids is 2. The molecule has 27 heavy (non-hydrogen) atoms. The molecule has 2 heterocycles. The summed E-state index contributed by atoms with van der Waals surface area (Å²) in [6.45, 7) is 12.3. The van der Waals surface area contributed by atoms with Crippen molar-refractivity contribution in [2.24, 2.45) is 5.92 Å². The second-order valence-electron chi connectivity index (χ2n) is 8.90. The van der Waals surface area contributed by atoms with Gasteiger partial charge in [0.25, 0.3) is 5.91 Å². The number of nitrogens with zero attached hydrogens (tertiary/aromatic N) is 1. The van der Waals surface area contributed by atoms with Crippen LogP contribution in [0.25, 0.3) is 0 Å². The third-order valence-corrected chi connectivity index (χ3v) is 6.12. The number of ether oxygens (including phenoxy) is 1. The molecule has 0 saturated heterocycles. The first kappa shape index (κ1) is 21.4. The number of anilines is 1. The van der Waals surface area contributed by atoms with Crippen LogP contribution in [-0.2, 0) is 26.3 Å². The van der Waals surface area contributed by atoms with Crippen molar-refractivity contribution in [3.63, 3.8) is 0 Å². The first-order chi connectivity index (χ1) is 12.4. The topological polar surface area (TPSA) is 95.8 Å². The Hall–Kier alpha value is -1.91. The van der Waals surface area contributed by atoms with Gasteiger partial charge in [-0.2, -0.15) is 5.26 Å². The lowest BCUT2D eigenvalue weighted by molar-refractivity contribution is -0.789. The van der Waals surface area contributed by atoms with E-state index in [0.717, 1.165) is 23.3 Å². The smallest absolute Gasteiger partial charge is 0.306 e. The maximum absolute atomic E-state index is 12.2. The molecule has 2 rings (SSSR count). The number of rotatable bonds is 6. The number of thiophene rings is 1. The van der Waals surface area contributed by atoms with Crippen LogP contribution in [0.4, 0.5) is 5.00 Å². The molecule has 0 aliphatic carbocycles. The second-order valence-corrected chi connectivity index (χ2v) is 9.92. The quantitative estimate of drug-likeness (QED) is 0.728. The SMILES string of the molecule is CC(C)CCC(=O)OCC(=O)Nc1sc2c(c1C#N)CC(C)(C)[NH2+]C2(C)C. The molecule has 148 valence electrons. The summed E-state index contributed by atoms with van der Waals surface area (Å²) >= 11 is 1.44. The molecule has 3 N–H and O–H groups in total. The molecule has 0 bridgehead atoms. The first-order valence-corrected chi connectivity index (χ1v) is 10.2. The maximum Gasteiger partial charge on any atom is 0.306 e. The molecule has 6 nitrogen and oxygen atoms in total. The van der Waals surface area contributed by atoms with E-state index in [1.54, 1.807) is 0 Å². The molecule has 7 heteroatoms. The largest absolute Gasteiger partial charge is 0.456 e. The highest BCUT2D eigenvalue weighted by molar-refractivity contribution is 7.16. The third-order valence-electron chi connectivity index (χ3n) is 4.63. The van der Waals surface area contributed by atoms with E-state index in [2.05, 4.69) is 44.4 Å². The zero-order valence-corrected chi connectivity index (χ0v) is 17.9. The van der Waals surface area contributed by atoms with Gasteiger partial charge in [0, 0.05) is 12.8 Å². The van der Waals surface area contributed by atoms with Gasteiger partial charge in [-0.15, -0.1) is 11.3 Å². The van der Waals surface area contributed by atoms with Crippen LogP contribution in [-0.4, -0.2) is 24.0 Å². The van der Waals surface area contributed by atoms with Gasteiger partial charge in [0.2, 0.25) is 0 Å². The number of esters is 1. The van der Waals surface area contributed by atoms with E-state index in [1.807, 2.05) is 13.8 Å².